The molecule has 77 valence electrons. The highest BCUT2D eigenvalue weighted by Crippen LogP contribution is 2.43. The first-order valence-corrected chi connectivity index (χ1v) is 6.91. The predicted octanol–water partition coefficient (Wildman–Crippen LogP) is 3.74. The quantitative estimate of drug-likeness (QED) is 0.799. The van der Waals surface area contributed by atoms with Crippen LogP contribution in [0, 0.1) is 6.07 Å². The molecule has 2 aromatic rings. The number of hydrogen-bond donors (Lipinski definition) is 1. The Labute approximate surface area is 97.6 Å². The van der Waals surface area contributed by atoms with Crippen molar-refractivity contribution in [3.63, 3.8) is 0 Å². The van der Waals surface area contributed by atoms with Gasteiger partial charge in [0, 0.05) is 21.4 Å². The Morgan fingerprint density at radius 2 is 2.13 bits per heavy atom. The third kappa shape index (κ3) is 1.50. The minimum atomic E-state index is 0.987. The zero-order valence-electron chi connectivity index (χ0n) is 8.38. The molecule has 0 fully saturated rings. The van der Waals surface area contributed by atoms with E-state index >= 15 is 0 Å². The van der Waals surface area contributed by atoms with Crippen molar-refractivity contribution in [3.05, 3.63) is 28.0 Å². The van der Waals surface area contributed by atoms with Crippen LogP contribution < -0.4 is 5.73 Å². The summed E-state index contributed by atoms with van der Waals surface area (Å²) in [6.45, 7) is 0. The summed E-state index contributed by atoms with van der Waals surface area (Å²) in [4.78, 5) is 2.72. The van der Waals surface area contributed by atoms with Crippen LogP contribution in [0.15, 0.2) is 11.4 Å². The highest BCUT2D eigenvalue weighted by Gasteiger charge is 2.20. The van der Waals surface area contributed by atoms with E-state index in [0.29, 0.717) is 0 Å². The van der Waals surface area contributed by atoms with Crippen molar-refractivity contribution in [3.8, 4) is 10.4 Å². The largest absolute Gasteiger partial charge is 0.390 e. The summed E-state index contributed by atoms with van der Waals surface area (Å²) in [5.74, 6) is 0. The van der Waals surface area contributed by atoms with Gasteiger partial charge in [0.2, 0.25) is 0 Å². The number of nitrogens with two attached hydrogens (primary N) is 1. The molecule has 2 N–H and O–H groups in total. The fourth-order valence-electron chi connectivity index (χ4n) is 2.21. The Hall–Kier alpha value is -0.800. The fraction of sp³-hybridized carbons (Fsp3) is 0.333. The topological polar surface area (TPSA) is 26.0 Å². The van der Waals surface area contributed by atoms with E-state index in [1.807, 2.05) is 6.07 Å². The third-order valence-electron chi connectivity index (χ3n) is 2.89. The molecule has 0 aliphatic heterocycles. The van der Waals surface area contributed by atoms with Gasteiger partial charge in [-0.2, -0.15) is 0 Å². The Bertz CT molecular complexity index is 468. The van der Waals surface area contributed by atoms with E-state index < -0.39 is 0 Å². The van der Waals surface area contributed by atoms with Crippen LogP contribution in [0.1, 0.15) is 23.3 Å². The Kier molecular flexibility index (Phi) is 2.29. The molecule has 1 nitrogen and oxygen atoms in total. The van der Waals surface area contributed by atoms with Crippen LogP contribution in [0.2, 0.25) is 0 Å². The summed E-state index contributed by atoms with van der Waals surface area (Å²) in [6.07, 6.45) is 5.04. The van der Waals surface area contributed by atoms with Crippen molar-refractivity contribution in [1.29, 1.82) is 0 Å². The summed E-state index contributed by atoms with van der Waals surface area (Å²) >= 11 is 3.52. The van der Waals surface area contributed by atoms with Crippen molar-refractivity contribution >= 4 is 27.7 Å². The highest BCUT2D eigenvalue weighted by atomic mass is 32.1. The van der Waals surface area contributed by atoms with Crippen LogP contribution in [-0.2, 0) is 12.8 Å². The van der Waals surface area contributed by atoms with Crippen molar-refractivity contribution in [2.45, 2.75) is 25.7 Å². The zero-order chi connectivity index (χ0) is 10.3. The van der Waals surface area contributed by atoms with E-state index in [4.69, 9.17) is 5.73 Å². The Balaban J connectivity index is 2.18. The molecular formula is C12H12NS2. The van der Waals surface area contributed by atoms with Crippen LogP contribution in [0.4, 0.5) is 5.00 Å². The number of fused-ring (bicyclic) bond motifs is 1. The first kappa shape index (κ1) is 9.43. The number of nitrogen functional groups attached to an aromatic ring is 1. The van der Waals surface area contributed by atoms with Gasteiger partial charge in [0.15, 0.2) is 0 Å². The molecule has 15 heavy (non-hydrogen) atoms. The van der Waals surface area contributed by atoms with Crippen molar-refractivity contribution in [1.82, 2.24) is 0 Å². The number of rotatable bonds is 1. The minimum absolute atomic E-state index is 0.987. The molecule has 0 spiro atoms. The molecule has 2 heterocycles. The maximum absolute atomic E-state index is 6.12. The van der Waals surface area contributed by atoms with E-state index in [-0.39, 0.29) is 0 Å². The summed E-state index contributed by atoms with van der Waals surface area (Å²) in [5.41, 5.74) is 8.90. The van der Waals surface area contributed by atoms with Crippen molar-refractivity contribution in [2.24, 2.45) is 0 Å². The van der Waals surface area contributed by atoms with E-state index in [2.05, 4.69) is 11.4 Å². The second kappa shape index (κ2) is 3.65. The molecule has 0 amide bonds. The normalized spacial score (nSPS) is 15.2. The molecular weight excluding hydrogens is 222 g/mol. The zero-order valence-corrected chi connectivity index (χ0v) is 10.0. The van der Waals surface area contributed by atoms with Gasteiger partial charge in [-0.25, -0.2) is 0 Å². The average Bonchev–Trinajstić information content (AvgIpc) is 2.82. The maximum atomic E-state index is 6.12. The standard InChI is InChI=1S/C12H12NS2/c13-12-11(10-6-3-7-14-10)8-4-1-2-5-9(8)15-12/h3,7H,1-2,4-5,13H2. The first-order valence-electron chi connectivity index (χ1n) is 5.22. The van der Waals surface area contributed by atoms with Crippen molar-refractivity contribution in [2.75, 3.05) is 5.73 Å². The van der Waals surface area contributed by atoms with Gasteiger partial charge < -0.3 is 5.73 Å². The highest BCUT2D eigenvalue weighted by molar-refractivity contribution is 7.18. The third-order valence-corrected chi connectivity index (χ3v) is 4.84. The van der Waals surface area contributed by atoms with E-state index in [9.17, 15) is 0 Å². The fourth-order valence-corrected chi connectivity index (χ4v) is 4.20. The molecule has 0 saturated carbocycles. The van der Waals surface area contributed by atoms with Gasteiger partial charge in [-0.3, -0.25) is 0 Å². The Morgan fingerprint density at radius 1 is 1.27 bits per heavy atom. The lowest BCUT2D eigenvalue weighted by molar-refractivity contribution is 0.698. The van der Waals surface area contributed by atoms with Crippen molar-refractivity contribution < 1.29 is 0 Å². The van der Waals surface area contributed by atoms with Crippen LogP contribution >= 0.6 is 22.7 Å². The van der Waals surface area contributed by atoms with Crippen LogP contribution in [0.3, 0.4) is 0 Å². The molecule has 3 heteroatoms. The van der Waals surface area contributed by atoms with E-state index in [1.54, 1.807) is 22.7 Å². The van der Waals surface area contributed by atoms with Gasteiger partial charge in [-0.05, 0) is 42.7 Å². The summed E-state index contributed by atoms with van der Waals surface area (Å²) in [6, 6.07) is 5.25. The van der Waals surface area contributed by atoms with Crippen LogP contribution in [0.25, 0.3) is 10.4 Å². The second-order valence-corrected chi connectivity index (χ2v) is 5.90. The lowest BCUT2D eigenvalue weighted by atomic mass is 9.95. The number of thiophene rings is 2. The van der Waals surface area contributed by atoms with Gasteiger partial charge in [0.05, 0.1) is 5.00 Å². The summed E-state index contributed by atoms with van der Waals surface area (Å²) in [7, 11) is 0. The molecule has 2 aromatic heterocycles. The molecule has 1 radical (unpaired) electrons. The SMILES string of the molecule is Nc1sc2c(c1-c1[c]ccs1)CCCC2. The van der Waals surface area contributed by atoms with Gasteiger partial charge in [-0.15, -0.1) is 22.7 Å². The molecule has 0 aromatic carbocycles. The summed E-state index contributed by atoms with van der Waals surface area (Å²) in [5, 5.41) is 3.06. The molecule has 1 aliphatic rings. The predicted molar refractivity (Wildman–Crippen MR) is 67.5 cm³/mol. The van der Waals surface area contributed by atoms with Gasteiger partial charge in [0.1, 0.15) is 0 Å². The maximum Gasteiger partial charge on any atom is 0.0950 e. The molecule has 3 rings (SSSR count). The number of hydrogen-bond acceptors (Lipinski definition) is 3. The van der Waals surface area contributed by atoms with Gasteiger partial charge >= 0.3 is 0 Å². The molecule has 0 unspecified atom stereocenters. The monoisotopic (exact) mass is 234 g/mol. The molecule has 0 saturated heterocycles. The van der Waals surface area contributed by atoms with Crippen LogP contribution in [-0.4, -0.2) is 0 Å². The average molecular weight is 234 g/mol. The lowest BCUT2D eigenvalue weighted by Crippen LogP contribution is -1.99. The van der Waals surface area contributed by atoms with E-state index in [1.165, 1.54) is 46.6 Å². The summed E-state index contributed by atoms with van der Waals surface area (Å²) < 4.78 is 0. The number of aryl methyl sites for hydroxylation is 1. The minimum Gasteiger partial charge on any atom is -0.390 e. The molecule has 0 bridgehead atoms. The number of anilines is 1. The van der Waals surface area contributed by atoms with E-state index in [0.717, 1.165) is 5.00 Å². The Morgan fingerprint density at radius 3 is 2.93 bits per heavy atom. The first-order chi connectivity index (χ1) is 7.36. The molecule has 0 atom stereocenters. The van der Waals surface area contributed by atoms with Gasteiger partial charge in [-0.1, -0.05) is 0 Å². The smallest absolute Gasteiger partial charge is 0.0950 e. The molecule has 1 aliphatic carbocycles. The lowest BCUT2D eigenvalue weighted by Gasteiger charge is -2.11. The second-order valence-electron chi connectivity index (χ2n) is 3.84. The van der Waals surface area contributed by atoms with Crippen LogP contribution in [0.5, 0.6) is 0 Å². The van der Waals surface area contributed by atoms with Gasteiger partial charge in [0.25, 0.3) is 0 Å².